The summed E-state index contributed by atoms with van der Waals surface area (Å²) in [5.74, 6) is 1.22. The summed E-state index contributed by atoms with van der Waals surface area (Å²) in [7, 11) is 0. The zero-order valence-electron chi connectivity index (χ0n) is 7.50. The molecule has 11 heavy (non-hydrogen) atoms. The second kappa shape index (κ2) is 3.21. The van der Waals surface area contributed by atoms with Crippen LogP contribution in [0.3, 0.4) is 0 Å². The van der Waals surface area contributed by atoms with E-state index in [0.29, 0.717) is 11.8 Å². The minimum absolute atomic E-state index is 0.249. The average molecular weight is 152 g/mol. The maximum absolute atomic E-state index is 10.7. The van der Waals surface area contributed by atoms with Crippen molar-refractivity contribution in [1.82, 2.24) is 0 Å². The van der Waals surface area contributed by atoms with Crippen LogP contribution in [-0.4, -0.2) is 6.29 Å². The van der Waals surface area contributed by atoms with Crippen molar-refractivity contribution in [1.29, 1.82) is 0 Å². The number of allylic oxidation sites excluding steroid dienone is 2. The van der Waals surface area contributed by atoms with Crippen LogP contribution in [0, 0.1) is 17.8 Å². The Morgan fingerprint density at radius 3 is 2.64 bits per heavy atom. The fourth-order valence-corrected chi connectivity index (χ4v) is 2.05. The molecule has 0 saturated heterocycles. The Morgan fingerprint density at radius 2 is 2.18 bits per heavy atom. The number of carbonyl (C=O) groups excluding carboxylic acids is 1. The Hall–Kier alpha value is -0.590. The fourth-order valence-electron chi connectivity index (χ4n) is 2.05. The lowest BCUT2D eigenvalue weighted by Gasteiger charge is -2.28. The smallest absolute Gasteiger partial charge is 0.123 e. The quantitative estimate of drug-likeness (QED) is 0.416. The van der Waals surface area contributed by atoms with Crippen molar-refractivity contribution in [2.24, 2.45) is 17.8 Å². The lowest BCUT2D eigenvalue weighted by molar-refractivity contribution is -0.113. The van der Waals surface area contributed by atoms with E-state index in [0.717, 1.165) is 12.7 Å². The van der Waals surface area contributed by atoms with E-state index in [4.69, 9.17) is 0 Å². The van der Waals surface area contributed by atoms with E-state index in [2.05, 4.69) is 26.8 Å². The molecule has 1 rings (SSSR count). The molecule has 2 unspecified atom stereocenters. The van der Waals surface area contributed by atoms with Crippen molar-refractivity contribution in [3.05, 3.63) is 11.6 Å². The van der Waals surface area contributed by atoms with Crippen LogP contribution in [0.4, 0.5) is 0 Å². The molecule has 0 radical (unpaired) electrons. The highest BCUT2D eigenvalue weighted by Crippen LogP contribution is 2.31. The lowest BCUT2D eigenvalue weighted by Crippen LogP contribution is -2.24. The minimum Gasteiger partial charge on any atom is -0.303 e. The van der Waals surface area contributed by atoms with Crippen molar-refractivity contribution >= 4 is 6.29 Å². The number of carbonyl (C=O) groups is 1. The van der Waals surface area contributed by atoms with Gasteiger partial charge in [-0.15, -0.1) is 0 Å². The molecule has 62 valence electrons. The monoisotopic (exact) mass is 152 g/mol. The van der Waals surface area contributed by atoms with Crippen LogP contribution < -0.4 is 0 Å². The molecule has 0 aromatic heterocycles. The summed E-state index contributed by atoms with van der Waals surface area (Å²) in [6.07, 6.45) is 4.42. The number of hydrogen-bond donors (Lipinski definition) is 0. The van der Waals surface area contributed by atoms with E-state index in [-0.39, 0.29) is 5.92 Å². The van der Waals surface area contributed by atoms with Gasteiger partial charge < -0.3 is 4.79 Å². The summed E-state index contributed by atoms with van der Waals surface area (Å²) in [4.78, 5) is 10.7. The van der Waals surface area contributed by atoms with E-state index >= 15 is 0 Å². The maximum Gasteiger partial charge on any atom is 0.123 e. The highest BCUT2D eigenvalue weighted by Gasteiger charge is 2.25. The Morgan fingerprint density at radius 1 is 1.55 bits per heavy atom. The van der Waals surface area contributed by atoms with Gasteiger partial charge in [0.25, 0.3) is 0 Å². The van der Waals surface area contributed by atoms with Crippen molar-refractivity contribution < 1.29 is 4.79 Å². The van der Waals surface area contributed by atoms with Gasteiger partial charge in [-0.3, -0.25) is 0 Å². The van der Waals surface area contributed by atoms with Gasteiger partial charge in [0.15, 0.2) is 0 Å². The molecule has 0 spiro atoms. The highest BCUT2D eigenvalue weighted by atomic mass is 16.1. The zero-order valence-corrected chi connectivity index (χ0v) is 7.50. The number of rotatable bonds is 1. The number of aldehydes is 1. The van der Waals surface area contributed by atoms with Gasteiger partial charge in [0.2, 0.25) is 0 Å². The van der Waals surface area contributed by atoms with Crippen molar-refractivity contribution in [2.75, 3.05) is 0 Å². The van der Waals surface area contributed by atoms with E-state index in [9.17, 15) is 4.79 Å². The molecule has 0 fully saturated rings. The van der Waals surface area contributed by atoms with Gasteiger partial charge >= 0.3 is 0 Å². The third-order valence-electron chi connectivity index (χ3n) is 2.61. The molecule has 0 bridgehead atoms. The molecule has 0 heterocycles. The standard InChI is InChI=1S/C10H16O/c1-7-4-8(2)10(6-11)9(3)5-7/h4,6,8-10H,5H2,1-3H3/t8?,9?,10-/m0/s1. The first-order valence-corrected chi connectivity index (χ1v) is 4.27. The largest absolute Gasteiger partial charge is 0.303 e. The molecule has 0 saturated carbocycles. The Bertz CT molecular complexity index is 181. The zero-order chi connectivity index (χ0) is 8.43. The average Bonchev–Trinajstić information content (AvgIpc) is 1.85. The molecule has 0 aromatic carbocycles. The molecular weight excluding hydrogens is 136 g/mol. The summed E-state index contributed by atoms with van der Waals surface area (Å²) in [6, 6.07) is 0. The van der Waals surface area contributed by atoms with Gasteiger partial charge in [-0.05, 0) is 25.2 Å². The molecule has 1 heteroatoms. The SMILES string of the molecule is CC1=CC(C)[C@H](C=O)C(C)C1. The number of hydrogen-bond acceptors (Lipinski definition) is 1. The first-order chi connectivity index (χ1) is 5.15. The summed E-state index contributed by atoms with van der Waals surface area (Å²) in [5.41, 5.74) is 1.43. The second-order valence-corrected chi connectivity index (χ2v) is 3.77. The van der Waals surface area contributed by atoms with Gasteiger partial charge in [0.1, 0.15) is 6.29 Å². The van der Waals surface area contributed by atoms with E-state index in [1.807, 2.05) is 0 Å². The molecule has 0 amide bonds. The summed E-state index contributed by atoms with van der Waals surface area (Å²) in [6.45, 7) is 6.43. The van der Waals surface area contributed by atoms with Crippen LogP contribution in [0.25, 0.3) is 0 Å². The maximum atomic E-state index is 10.7. The molecule has 0 aliphatic heterocycles. The van der Waals surface area contributed by atoms with Gasteiger partial charge in [0, 0.05) is 5.92 Å². The first-order valence-electron chi connectivity index (χ1n) is 4.27. The van der Waals surface area contributed by atoms with Crippen molar-refractivity contribution in [3.8, 4) is 0 Å². The summed E-state index contributed by atoms with van der Waals surface area (Å²) >= 11 is 0. The predicted molar refractivity (Wildman–Crippen MR) is 46.3 cm³/mol. The van der Waals surface area contributed by atoms with Crippen molar-refractivity contribution in [3.63, 3.8) is 0 Å². The topological polar surface area (TPSA) is 17.1 Å². The summed E-state index contributed by atoms with van der Waals surface area (Å²) < 4.78 is 0. The molecule has 0 aromatic rings. The van der Waals surface area contributed by atoms with Gasteiger partial charge in [-0.25, -0.2) is 0 Å². The van der Waals surface area contributed by atoms with Gasteiger partial charge in [-0.1, -0.05) is 25.5 Å². The molecule has 0 N–H and O–H groups in total. The third kappa shape index (κ3) is 1.70. The molecule has 3 atom stereocenters. The Labute approximate surface area is 68.5 Å². The van der Waals surface area contributed by atoms with Crippen LogP contribution in [0.15, 0.2) is 11.6 Å². The van der Waals surface area contributed by atoms with Gasteiger partial charge in [-0.2, -0.15) is 0 Å². The Kier molecular flexibility index (Phi) is 2.48. The van der Waals surface area contributed by atoms with E-state index in [1.165, 1.54) is 5.57 Å². The van der Waals surface area contributed by atoms with Gasteiger partial charge in [0.05, 0.1) is 0 Å². The van der Waals surface area contributed by atoms with E-state index in [1.54, 1.807) is 0 Å². The fraction of sp³-hybridized carbons (Fsp3) is 0.700. The van der Waals surface area contributed by atoms with Crippen LogP contribution >= 0.6 is 0 Å². The molecule has 1 aliphatic rings. The minimum atomic E-state index is 0.249. The molecule has 1 aliphatic carbocycles. The van der Waals surface area contributed by atoms with Crippen LogP contribution in [0.5, 0.6) is 0 Å². The van der Waals surface area contributed by atoms with Crippen molar-refractivity contribution in [2.45, 2.75) is 27.2 Å². The lowest BCUT2D eigenvalue weighted by atomic mass is 9.76. The molecule has 1 nitrogen and oxygen atoms in total. The first kappa shape index (κ1) is 8.51. The predicted octanol–water partition coefficient (Wildman–Crippen LogP) is 2.42. The molecular formula is C10H16O. The van der Waals surface area contributed by atoms with E-state index < -0.39 is 0 Å². The van der Waals surface area contributed by atoms with Crippen LogP contribution in [0.2, 0.25) is 0 Å². The summed E-state index contributed by atoms with van der Waals surface area (Å²) in [5, 5.41) is 0. The second-order valence-electron chi connectivity index (χ2n) is 3.77. The Balaban J connectivity index is 2.76. The normalized spacial score (nSPS) is 38.1. The van der Waals surface area contributed by atoms with Crippen LogP contribution in [-0.2, 0) is 4.79 Å². The van der Waals surface area contributed by atoms with Crippen LogP contribution in [0.1, 0.15) is 27.2 Å². The highest BCUT2D eigenvalue weighted by molar-refractivity contribution is 5.55. The third-order valence-corrected chi connectivity index (χ3v) is 2.61.